The van der Waals surface area contributed by atoms with Gasteiger partial charge >= 0.3 is 0 Å². The summed E-state index contributed by atoms with van der Waals surface area (Å²) in [6.45, 7) is 0. The number of hydrogen-bond acceptors (Lipinski definition) is 2. The van der Waals surface area contributed by atoms with E-state index in [1.165, 1.54) is 55.3 Å². The first-order chi connectivity index (χ1) is 32.7. The summed E-state index contributed by atoms with van der Waals surface area (Å²) < 4.78 is 6.27. The number of anilines is 3. The predicted octanol–water partition coefficient (Wildman–Crippen LogP) is 18.2. The van der Waals surface area contributed by atoms with Crippen LogP contribution in [0, 0.1) is 0 Å². The van der Waals surface area contributed by atoms with Crippen molar-refractivity contribution in [2.75, 3.05) is 4.90 Å². The SMILES string of the molecule is c1ccc(-c2ccccc2-c2cccc(N(c3ccc(-c4ccc(-c5cccc(-c6ccc7ccccc7c6)c5)cc4)cc3)c3ccc(-c4ccc5c(c4)oc4ccccc45)cc3)c2)cc1. The van der Waals surface area contributed by atoms with Crippen LogP contribution in [0.3, 0.4) is 0 Å². The highest BCUT2D eigenvalue weighted by Gasteiger charge is 2.17. The molecule has 0 saturated carbocycles. The van der Waals surface area contributed by atoms with Gasteiger partial charge in [0, 0.05) is 27.8 Å². The molecule has 0 aliphatic carbocycles. The Morgan fingerprint density at radius 1 is 0.227 bits per heavy atom. The van der Waals surface area contributed by atoms with Gasteiger partial charge in [-0.1, -0.05) is 194 Å². The summed E-state index contributed by atoms with van der Waals surface area (Å²) in [6.07, 6.45) is 0. The Morgan fingerprint density at radius 2 is 0.697 bits per heavy atom. The zero-order valence-corrected chi connectivity index (χ0v) is 36.2. The van der Waals surface area contributed by atoms with E-state index in [1.54, 1.807) is 0 Å². The van der Waals surface area contributed by atoms with E-state index in [-0.39, 0.29) is 0 Å². The first-order valence-corrected chi connectivity index (χ1v) is 22.6. The molecule has 0 unspecified atom stereocenters. The number of hydrogen-bond donors (Lipinski definition) is 0. The van der Waals surface area contributed by atoms with E-state index in [4.69, 9.17) is 4.42 Å². The summed E-state index contributed by atoms with van der Waals surface area (Å²) in [7, 11) is 0. The van der Waals surface area contributed by atoms with Gasteiger partial charge in [-0.25, -0.2) is 0 Å². The van der Waals surface area contributed by atoms with E-state index >= 15 is 0 Å². The molecular formula is C64H43NO. The Bertz CT molecular complexity index is 3680. The molecule has 0 saturated heterocycles. The van der Waals surface area contributed by atoms with Crippen LogP contribution in [0.4, 0.5) is 17.1 Å². The van der Waals surface area contributed by atoms with Gasteiger partial charge < -0.3 is 9.32 Å². The van der Waals surface area contributed by atoms with Crippen LogP contribution in [0.2, 0.25) is 0 Å². The third-order valence-electron chi connectivity index (χ3n) is 12.9. The summed E-state index contributed by atoms with van der Waals surface area (Å²) >= 11 is 0. The molecule has 0 aliphatic rings. The van der Waals surface area contributed by atoms with Crippen LogP contribution in [-0.2, 0) is 0 Å². The molecular weight excluding hydrogens is 799 g/mol. The number of benzene rings is 11. The average molecular weight is 842 g/mol. The number of nitrogens with zero attached hydrogens (tertiary/aromatic N) is 1. The van der Waals surface area contributed by atoms with Crippen LogP contribution >= 0.6 is 0 Å². The van der Waals surface area contributed by atoms with Crippen LogP contribution in [0.5, 0.6) is 0 Å². The maximum Gasteiger partial charge on any atom is 0.136 e. The molecule has 0 spiro atoms. The Kier molecular flexibility index (Phi) is 9.89. The van der Waals surface area contributed by atoms with Gasteiger partial charge in [-0.3, -0.25) is 0 Å². The highest BCUT2D eigenvalue weighted by Crippen LogP contribution is 2.41. The lowest BCUT2D eigenvalue weighted by Gasteiger charge is -2.26. The number of fused-ring (bicyclic) bond motifs is 4. The molecule has 11 aromatic carbocycles. The maximum absolute atomic E-state index is 6.27. The minimum atomic E-state index is 0.896. The minimum absolute atomic E-state index is 0.896. The van der Waals surface area contributed by atoms with Crippen molar-refractivity contribution < 1.29 is 4.42 Å². The van der Waals surface area contributed by atoms with Crippen LogP contribution in [0.15, 0.2) is 265 Å². The predicted molar refractivity (Wildman–Crippen MR) is 279 cm³/mol. The molecule has 12 aromatic rings. The van der Waals surface area contributed by atoms with Gasteiger partial charge in [0.05, 0.1) is 0 Å². The van der Waals surface area contributed by atoms with Gasteiger partial charge in [0.2, 0.25) is 0 Å². The first-order valence-electron chi connectivity index (χ1n) is 22.6. The van der Waals surface area contributed by atoms with E-state index in [0.29, 0.717) is 0 Å². The Morgan fingerprint density at radius 3 is 1.42 bits per heavy atom. The van der Waals surface area contributed by atoms with Crippen molar-refractivity contribution in [3.05, 3.63) is 261 Å². The highest BCUT2D eigenvalue weighted by atomic mass is 16.3. The number of para-hydroxylation sites is 1. The largest absolute Gasteiger partial charge is 0.456 e. The molecule has 2 heteroatoms. The first kappa shape index (κ1) is 38.9. The molecule has 1 aromatic heterocycles. The van der Waals surface area contributed by atoms with Crippen LogP contribution < -0.4 is 4.90 Å². The summed E-state index contributed by atoms with van der Waals surface area (Å²) in [5.74, 6) is 0. The third-order valence-corrected chi connectivity index (χ3v) is 12.9. The van der Waals surface area contributed by atoms with Crippen molar-refractivity contribution >= 4 is 49.8 Å². The normalized spacial score (nSPS) is 11.3. The molecule has 1 heterocycles. The Labute approximate surface area is 384 Å². The fraction of sp³-hybridized carbons (Fsp3) is 0. The van der Waals surface area contributed by atoms with Gasteiger partial charge in [-0.15, -0.1) is 0 Å². The minimum Gasteiger partial charge on any atom is -0.456 e. The van der Waals surface area contributed by atoms with Crippen LogP contribution in [0.1, 0.15) is 0 Å². The van der Waals surface area contributed by atoms with E-state index in [1.807, 2.05) is 12.1 Å². The van der Waals surface area contributed by atoms with E-state index in [0.717, 1.165) is 61.3 Å². The van der Waals surface area contributed by atoms with Gasteiger partial charge in [-0.2, -0.15) is 0 Å². The van der Waals surface area contributed by atoms with Crippen molar-refractivity contribution in [2.45, 2.75) is 0 Å². The van der Waals surface area contributed by atoms with Gasteiger partial charge in [0.1, 0.15) is 11.2 Å². The van der Waals surface area contributed by atoms with E-state index < -0.39 is 0 Å². The molecule has 0 atom stereocenters. The van der Waals surface area contributed by atoms with Gasteiger partial charge in [-0.05, 0) is 144 Å². The molecule has 0 amide bonds. The molecule has 310 valence electrons. The standard InChI is InChI=1S/C64H43NO/c1-2-13-49(14-3-1)59-20-6-7-21-60(59)55-18-11-19-58(42-55)65(57-37-32-48(33-38-57)54-34-39-62-61-22-8-9-23-63(61)66-64(62)43-54)56-35-30-46(31-36-56)45-24-26-47(27-25-45)51-16-10-17-52(40-51)53-29-28-44-12-4-5-15-50(44)41-53/h1-43H. The molecule has 0 radical (unpaired) electrons. The monoisotopic (exact) mass is 841 g/mol. The molecule has 12 rings (SSSR count). The lowest BCUT2D eigenvalue weighted by molar-refractivity contribution is 0.669. The van der Waals surface area contributed by atoms with Crippen molar-refractivity contribution in [2.24, 2.45) is 0 Å². The van der Waals surface area contributed by atoms with Crippen LogP contribution in [0.25, 0.3) is 99.5 Å². The highest BCUT2D eigenvalue weighted by molar-refractivity contribution is 6.06. The fourth-order valence-electron chi connectivity index (χ4n) is 9.48. The lowest BCUT2D eigenvalue weighted by Crippen LogP contribution is -2.10. The Hall–Kier alpha value is -8.72. The van der Waals surface area contributed by atoms with Gasteiger partial charge in [0.25, 0.3) is 0 Å². The second-order valence-corrected chi connectivity index (χ2v) is 16.9. The quantitative estimate of drug-likeness (QED) is 0.144. The molecule has 0 aliphatic heterocycles. The third kappa shape index (κ3) is 7.41. The summed E-state index contributed by atoms with van der Waals surface area (Å²) in [6, 6.07) is 93.9. The second kappa shape index (κ2) is 16.8. The van der Waals surface area contributed by atoms with Gasteiger partial charge in [0.15, 0.2) is 0 Å². The van der Waals surface area contributed by atoms with E-state index in [2.05, 4.69) is 254 Å². The molecule has 2 nitrogen and oxygen atoms in total. The van der Waals surface area contributed by atoms with Crippen LogP contribution in [-0.4, -0.2) is 0 Å². The fourth-order valence-corrected chi connectivity index (χ4v) is 9.48. The Balaban J connectivity index is 0.876. The van der Waals surface area contributed by atoms with Crippen molar-refractivity contribution in [3.63, 3.8) is 0 Å². The smallest absolute Gasteiger partial charge is 0.136 e. The zero-order chi connectivity index (χ0) is 43.8. The van der Waals surface area contributed by atoms with Crippen molar-refractivity contribution in [1.29, 1.82) is 0 Å². The lowest BCUT2D eigenvalue weighted by atomic mass is 9.94. The summed E-state index contributed by atoms with van der Waals surface area (Å²) in [4.78, 5) is 2.36. The topological polar surface area (TPSA) is 16.4 Å². The molecule has 0 fully saturated rings. The number of rotatable bonds is 9. The zero-order valence-electron chi connectivity index (χ0n) is 36.2. The van der Waals surface area contributed by atoms with Crippen molar-refractivity contribution in [1.82, 2.24) is 0 Å². The maximum atomic E-state index is 6.27. The average Bonchev–Trinajstić information content (AvgIpc) is 3.77. The summed E-state index contributed by atoms with van der Waals surface area (Å²) in [5.41, 5.74) is 19.2. The molecule has 0 bridgehead atoms. The number of furan rings is 1. The molecule has 0 N–H and O–H groups in total. The summed E-state index contributed by atoms with van der Waals surface area (Å²) in [5, 5.41) is 4.78. The van der Waals surface area contributed by atoms with Crippen molar-refractivity contribution in [3.8, 4) is 66.8 Å². The second-order valence-electron chi connectivity index (χ2n) is 16.9. The molecule has 66 heavy (non-hydrogen) atoms. The van der Waals surface area contributed by atoms with E-state index in [9.17, 15) is 0 Å².